The minimum Gasteiger partial charge on any atom is -0.349 e. The third kappa shape index (κ3) is 4.24. The predicted molar refractivity (Wildman–Crippen MR) is 95.9 cm³/mol. The first kappa shape index (κ1) is 17.1. The zero-order valence-corrected chi connectivity index (χ0v) is 14.4. The largest absolute Gasteiger partial charge is 0.349 e. The van der Waals surface area contributed by atoms with Gasteiger partial charge in [-0.3, -0.25) is 14.6 Å². The molecule has 0 unspecified atom stereocenters. The van der Waals surface area contributed by atoms with E-state index in [1.54, 1.807) is 17.3 Å². The van der Waals surface area contributed by atoms with Crippen LogP contribution in [0.4, 0.5) is 0 Å². The molecule has 1 aromatic heterocycles. The first-order valence-electron chi connectivity index (χ1n) is 8.70. The van der Waals surface area contributed by atoms with E-state index in [0.717, 1.165) is 18.4 Å². The van der Waals surface area contributed by atoms with Gasteiger partial charge in [0.1, 0.15) is 0 Å². The highest BCUT2D eigenvalue weighted by molar-refractivity contribution is 5.94. The van der Waals surface area contributed by atoms with Gasteiger partial charge >= 0.3 is 0 Å². The van der Waals surface area contributed by atoms with E-state index in [9.17, 15) is 9.59 Å². The number of rotatable bonds is 4. The van der Waals surface area contributed by atoms with E-state index < -0.39 is 0 Å². The first-order valence-corrected chi connectivity index (χ1v) is 8.70. The van der Waals surface area contributed by atoms with E-state index in [-0.39, 0.29) is 23.8 Å². The molecule has 5 heteroatoms. The highest BCUT2D eigenvalue weighted by Crippen LogP contribution is 2.20. The van der Waals surface area contributed by atoms with Crippen LogP contribution in [0.1, 0.15) is 41.7 Å². The quantitative estimate of drug-likeness (QED) is 0.933. The normalized spacial score (nSPS) is 18.4. The number of hydrogen-bond donors (Lipinski definition) is 1. The van der Waals surface area contributed by atoms with E-state index in [0.29, 0.717) is 18.7 Å². The molecule has 1 N–H and O–H groups in total. The van der Waals surface area contributed by atoms with Crippen LogP contribution in [0.5, 0.6) is 0 Å². The number of benzene rings is 1. The van der Waals surface area contributed by atoms with Crippen molar-refractivity contribution in [3.63, 3.8) is 0 Å². The number of aromatic nitrogens is 1. The molecule has 1 aliphatic rings. The summed E-state index contributed by atoms with van der Waals surface area (Å²) < 4.78 is 0. The highest BCUT2D eigenvalue weighted by atomic mass is 16.2. The van der Waals surface area contributed by atoms with Crippen molar-refractivity contribution in [3.8, 4) is 0 Å². The molecular formula is C20H23N3O2. The summed E-state index contributed by atoms with van der Waals surface area (Å²) in [5, 5.41) is 3.05. The zero-order chi connectivity index (χ0) is 17.6. The molecule has 0 bridgehead atoms. The van der Waals surface area contributed by atoms with Gasteiger partial charge in [-0.15, -0.1) is 0 Å². The Morgan fingerprint density at radius 1 is 1.20 bits per heavy atom. The van der Waals surface area contributed by atoms with Crippen LogP contribution in [0.3, 0.4) is 0 Å². The second-order valence-corrected chi connectivity index (χ2v) is 6.47. The van der Waals surface area contributed by atoms with Gasteiger partial charge in [-0.25, -0.2) is 0 Å². The zero-order valence-electron chi connectivity index (χ0n) is 14.4. The van der Waals surface area contributed by atoms with Crippen LogP contribution in [-0.2, 0) is 4.79 Å². The Hall–Kier alpha value is -2.69. The Labute approximate surface area is 148 Å². The smallest absolute Gasteiger partial charge is 0.253 e. The molecule has 0 spiro atoms. The molecule has 5 nitrogen and oxygen atoms in total. The van der Waals surface area contributed by atoms with E-state index in [4.69, 9.17) is 0 Å². The van der Waals surface area contributed by atoms with Gasteiger partial charge < -0.3 is 10.2 Å². The molecule has 1 aromatic carbocycles. The van der Waals surface area contributed by atoms with Crippen LogP contribution in [0.25, 0.3) is 0 Å². The number of amides is 2. The Bertz CT molecular complexity index is 718. The Morgan fingerprint density at radius 2 is 2.00 bits per heavy atom. The lowest BCUT2D eigenvalue weighted by molar-refractivity contribution is -0.127. The van der Waals surface area contributed by atoms with Crippen LogP contribution in [0.15, 0.2) is 54.9 Å². The van der Waals surface area contributed by atoms with Gasteiger partial charge in [-0.2, -0.15) is 0 Å². The van der Waals surface area contributed by atoms with Crippen molar-refractivity contribution >= 4 is 11.8 Å². The minimum absolute atomic E-state index is 0.00147. The summed E-state index contributed by atoms with van der Waals surface area (Å²) in [4.78, 5) is 31.1. The SMILES string of the molecule is C[C@H](NC(=O)[C@H]1CCCN(C(=O)c2ccccc2)C1)c1cccnc1. The van der Waals surface area contributed by atoms with Crippen LogP contribution in [-0.4, -0.2) is 34.8 Å². The summed E-state index contributed by atoms with van der Waals surface area (Å²) in [7, 11) is 0. The summed E-state index contributed by atoms with van der Waals surface area (Å²) in [6, 6.07) is 13.0. The Balaban J connectivity index is 1.61. The van der Waals surface area contributed by atoms with Gasteiger partial charge in [-0.05, 0) is 43.5 Å². The lowest BCUT2D eigenvalue weighted by Gasteiger charge is -2.32. The van der Waals surface area contributed by atoms with E-state index in [1.807, 2.05) is 49.4 Å². The third-order valence-electron chi connectivity index (χ3n) is 4.64. The van der Waals surface area contributed by atoms with Crippen LogP contribution in [0.2, 0.25) is 0 Å². The van der Waals surface area contributed by atoms with E-state index >= 15 is 0 Å². The molecular weight excluding hydrogens is 314 g/mol. The second kappa shape index (κ2) is 7.92. The minimum atomic E-state index is -0.166. The van der Waals surface area contributed by atoms with Gasteiger partial charge in [0.05, 0.1) is 12.0 Å². The molecule has 2 heterocycles. The van der Waals surface area contributed by atoms with Crippen molar-refractivity contribution in [1.82, 2.24) is 15.2 Å². The molecule has 1 fully saturated rings. The number of likely N-dealkylation sites (tertiary alicyclic amines) is 1. The lowest BCUT2D eigenvalue weighted by atomic mass is 9.96. The molecule has 130 valence electrons. The van der Waals surface area contributed by atoms with Crippen LogP contribution < -0.4 is 5.32 Å². The van der Waals surface area contributed by atoms with E-state index in [1.165, 1.54) is 0 Å². The number of piperidine rings is 1. The highest BCUT2D eigenvalue weighted by Gasteiger charge is 2.29. The molecule has 2 atom stereocenters. The maximum atomic E-state index is 12.6. The van der Waals surface area contributed by atoms with Gasteiger partial charge in [0.15, 0.2) is 0 Å². The van der Waals surface area contributed by atoms with Gasteiger partial charge in [0, 0.05) is 31.0 Å². The molecule has 0 aliphatic carbocycles. The molecule has 1 saturated heterocycles. The number of carbonyl (C=O) groups excluding carboxylic acids is 2. The summed E-state index contributed by atoms with van der Waals surface area (Å²) in [6.45, 7) is 3.12. The van der Waals surface area contributed by atoms with Crippen molar-refractivity contribution in [2.45, 2.75) is 25.8 Å². The van der Waals surface area contributed by atoms with Gasteiger partial charge in [0.2, 0.25) is 5.91 Å². The monoisotopic (exact) mass is 337 g/mol. The van der Waals surface area contributed by atoms with Crippen molar-refractivity contribution < 1.29 is 9.59 Å². The number of nitrogens with one attached hydrogen (secondary N) is 1. The number of hydrogen-bond acceptors (Lipinski definition) is 3. The fraction of sp³-hybridized carbons (Fsp3) is 0.350. The summed E-state index contributed by atoms with van der Waals surface area (Å²) >= 11 is 0. The standard InChI is InChI=1S/C20H23N3O2/c1-15(17-9-5-11-21-13-17)22-19(24)18-10-6-12-23(14-18)20(25)16-7-3-2-4-8-16/h2-5,7-9,11,13,15,18H,6,10,12,14H2,1H3,(H,22,24)/t15-,18-/m0/s1. The van der Waals surface area contributed by atoms with Crippen LogP contribution >= 0.6 is 0 Å². The van der Waals surface area contributed by atoms with Crippen molar-refractivity contribution in [2.75, 3.05) is 13.1 Å². The van der Waals surface area contributed by atoms with E-state index in [2.05, 4.69) is 10.3 Å². The molecule has 0 radical (unpaired) electrons. The number of nitrogens with zero attached hydrogens (tertiary/aromatic N) is 2. The van der Waals surface area contributed by atoms with Crippen molar-refractivity contribution in [1.29, 1.82) is 0 Å². The first-order chi connectivity index (χ1) is 12.1. The fourth-order valence-electron chi connectivity index (χ4n) is 3.19. The average Bonchev–Trinajstić information content (AvgIpc) is 2.68. The van der Waals surface area contributed by atoms with Crippen molar-refractivity contribution in [3.05, 3.63) is 66.0 Å². The average molecular weight is 337 g/mol. The summed E-state index contributed by atoms with van der Waals surface area (Å²) in [6.07, 6.45) is 5.13. The Kier molecular flexibility index (Phi) is 5.43. The number of pyridine rings is 1. The molecule has 1 aliphatic heterocycles. The number of carbonyl (C=O) groups is 2. The van der Waals surface area contributed by atoms with Crippen molar-refractivity contribution in [2.24, 2.45) is 5.92 Å². The fourth-order valence-corrected chi connectivity index (χ4v) is 3.19. The van der Waals surface area contributed by atoms with Crippen LogP contribution in [0, 0.1) is 5.92 Å². The second-order valence-electron chi connectivity index (χ2n) is 6.47. The maximum absolute atomic E-state index is 12.6. The molecule has 0 saturated carbocycles. The summed E-state index contributed by atoms with van der Waals surface area (Å²) in [5.74, 6) is -0.166. The van der Waals surface area contributed by atoms with Gasteiger partial charge in [0.25, 0.3) is 5.91 Å². The lowest BCUT2D eigenvalue weighted by Crippen LogP contribution is -2.45. The molecule has 3 rings (SSSR count). The van der Waals surface area contributed by atoms with Gasteiger partial charge in [-0.1, -0.05) is 24.3 Å². The topological polar surface area (TPSA) is 62.3 Å². The Morgan fingerprint density at radius 3 is 2.72 bits per heavy atom. The molecule has 25 heavy (non-hydrogen) atoms. The predicted octanol–water partition coefficient (Wildman–Crippen LogP) is 2.81. The third-order valence-corrected chi connectivity index (χ3v) is 4.64. The summed E-state index contributed by atoms with van der Waals surface area (Å²) in [5.41, 5.74) is 1.65. The molecule has 2 aromatic rings. The molecule has 2 amide bonds. The maximum Gasteiger partial charge on any atom is 0.253 e.